The Bertz CT molecular complexity index is 374. The summed E-state index contributed by atoms with van der Waals surface area (Å²) in [5, 5.41) is 10.5. The fourth-order valence-corrected chi connectivity index (χ4v) is 1.49. The largest absolute Gasteiger partial charge is 0.259 e. The van der Waals surface area contributed by atoms with Gasteiger partial charge in [0, 0.05) is 17.0 Å². The minimum Gasteiger partial charge on any atom is -0.259 e. The molecule has 1 aromatic rings. The number of nitro groups is 1. The fourth-order valence-electron chi connectivity index (χ4n) is 1.07. The zero-order valence-electron chi connectivity index (χ0n) is 7.74. The topological polar surface area (TPSA) is 43.1 Å². The van der Waals surface area contributed by atoms with E-state index in [1.54, 1.807) is 13.0 Å². The molecular formula is C10H10BrNO2. The van der Waals surface area contributed by atoms with Gasteiger partial charge in [0.05, 0.1) is 4.92 Å². The lowest BCUT2D eigenvalue weighted by Gasteiger charge is -1.96. The molecule has 14 heavy (non-hydrogen) atoms. The lowest BCUT2D eigenvalue weighted by atomic mass is 10.2. The van der Waals surface area contributed by atoms with Gasteiger partial charge in [0.1, 0.15) is 0 Å². The second-order valence-corrected chi connectivity index (χ2v) is 3.72. The van der Waals surface area contributed by atoms with Crippen molar-refractivity contribution < 1.29 is 4.92 Å². The molecule has 0 spiro atoms. The van der Waals surface area contributed by atoms with Crippen LogP contribution in [0.2, 0.25) is 0 Å². The van der Waals surface area contributed by atoms with Crippen LogP contribution in [0.3, 0.4) is 0 Å². The summed E-state index contributed by atoms with van der Waals surface area (Å²) < 4.78 is 0.921. The highest BCUT2D eigenvalue weighted by atomic mass is 79.9. The molecule has 0 atom stereocenters. The molecule has 0 saturated heterocycles. The van der Waals surface area contributed by atoms with Gasteiger partial charge in [0.25, 0.3) is 0 Å². The maximum Gasteiger partial charge on any atom is 0.246 e. The van der Waals surface area contributed by atoms with Crippen molar-refractivity contribution in [2.24, 2.45) is 0 Å². The first kappa shape index (κ1) is 10.9. The normalized spacial score (nSPS) is 11.4. The fraction of sp³-hybridized carbons (Fsp3) is 0.200. The Morgan fingerprint density at radius 1 is 1.64 bits per heavy atom. The first-order chi connectivity index (χ1) is 6.63. The Hall–Kier alpha value is -1.16. The summed E-state index contributed by atoms with van der Waals surface area (Å²) in [4.78, 5) is 10.2. The van der Waals surface area contributed by atoms with E-state index in [9.17, 15) is 10.1 Å². The molecule has 0 radical (unpaired) electrons. The van der Waals surface area contributed by atoms with Crippen LogP contribution in [0.4, 0.5) is 0 Å². The predicted molar refractivity (Wildman–Crippen MR) is 59.4 cm³/mol. The number of halogens is 1. The van der Waals surface area contributed by atoms with Gasteiger partial charge in [-0.15, -0.1) is 0 Å². The summed E-state index contributed by atoms with van der Waals surface area (Å²) >= 11 is 3.31. The van der Waals surface area contributed by atoms with E-state index in [-0.39, 0.29) is 10.6 Å². The van der Waals surface area contributed by atoms with Crippen LogP contribution < -0.4 is 0 Å². The van der Waals surface area contributed by atoms with Crippen molar-refractivity contribution >= 4 is 22.0 Å². The van der Waals surface area contributed by atoms with Gasteiger partial charge in [-0.05, 0) is 17.7 Å². The molecule has 0 heterocycles. The molecule has 0 unspecified atom stereocenters. The third-order valence-electron chi connectivity index (χ3n) is 1.78. The summed E-state index contributed by atoms with van der Waals surface area (Å²) in [5.74, 6) is 0. The minimum atomic E-state index is -0.346. The maximum absolute atomic E-state index is 10.5. The predicted octanol–water partition coefficient (Wildman–Crippen LogP) is 3.48. The monoisotopic (exact) mass is 255 g/mol. The van der Waals surface area contributed by atoms with Gasteiger partial charge in [-0.2, -0.15) is 0 Å². The van der Waals surface area contributed by atoms with Crippen LogP contribution in [0.15, 0.2) is 34.4 Å². The van der Waals surface area contributed by atoms with Crippen LogP contribution >= 0.6 is 15.9 Å². The molecule has 0 amide bonds. The maximum atomic E-state index is 10.5. The molecule has 0 N–H and O–H groups in total. The Morgan fingerprint density at radius 2 is 2.36 bits per heavy atom. The van der Waals surface area contributed by atoms with E-state index in [0.717, 1.165) is 10.0 Å². The molecule has 0 fully saturated rings. The highest BCUT2D eigenvalue weighted by molar-refractivity contribution is 9.10. The third-order valence-corrected chi connectivity index (χ3v) is 2.27. The SMILES string of the molecule is CC/C(=C/c1cccc(Br)c1)[N+](=O)[O-]. The number of hydrogen-bond donors (Lipinski definition) is 0. The average Bonchev–Trinajstić information content (AvgIpc) is 2.14. The second-order valence-electron chi connectivity index (χ2n) is 2.80. The minimum absolute atomic E-state index is 0.225. The number of rotatable bonds is 3. The van der Waals surface area contributed by atoms with Crippen molar-refractivity contribution in [1.82, 2.24) is 0 Å². The van der Waals surface area contributed by atoms with Crippen molar-refractivity contribution in [2.45, 2.75) is 13.3 Å². The zero-order valence-corrected chi connectivity index (χ0v) is 9.32. The van der Waals surface area contributed by atoms with Gasteiger partial charge in [0.2, 0.25) is 5.70 Å². The summed E-state index contributed by atoms with van der Waals surface area (Å²) in [6.45, 7) is 1.77. The van der Waals surface area contributed by atoms with Crippen molar-refractivity contribution in [3.8, 4) is 0 Å². The molecule has 1 aromatic carbocycles. The van der Waals surface area contributed by atoms with Crippen molar-refractivity contribution in [1.29, 1.82) is 0 Å². The molecule has 4 heteroatoms. The Morgan fingerprint density at radius 3 is 2.86 bits per heavy atom. The molecule has 0 aliphatic carbocycles. The van der Waals surface area contributed by atoms with Crippen LogP contribution in [0.1, 0.15) is 18.9 Å². The molecule has 1 rings (SSSR count). The Kier molecular flexibility index (Phi) is 3.83. The highest BCUT2D eigenvalue weighted by Gasteiger charge is 2.06. The molecule has 0 aliphatic rings. The van der Waals surface area contributed by atoms with E-state index in [4.69, 9.17) is 0 Å². The Labute approximate surface area is 90.7 Å². The van der Waals surface area contributed by atoms with Gasteiger partial charge in [-0.1, -0.05) is 35.0 Å². The molecule has 74 valence electrons. The average molecular weight is 256 g/mol. The molecule has 0 aliphatic heterocycles. The molecule has 0 saturated carbocycles. The smallest absolute Gasteiger partial charge is 0.246 e. The number of benzene rings is 1. The van der Waals surface area contributed by atoms with E-state index in [0.29, 0.717) is 6.42 Å². The van der Waals surface area contributed by atoms with Crippen LogP contribution in [-0.2, 0) is 0 Å². The number of nitrogens with zero attached hydrogens (tertiary/aromatic N) is 1. The van der Waals surface area contributed by atoms with E-state index in [1.807, 2.05) is 24.3 Å². The van der Waals surface area contributed by atoms with Crippen LogP contribution in [0.5, 0.6) is 0 Å². The molecular weight excluding hydrogens is 246 g/mol. The van der Waals surface area contributed by atoms with Gasteiger partial charge < -0.3 is 0 Å². The molecule has 0 bridgehead atoms. The van der Waals surface area contributed by atoms with E-state index in [1.165, 1.54) is 0 Å². The van der Waals surface area contributed by atoms with Crippen molar-refractivity contribution in [2.75, 3.05) is 0 Å². The van der Waals surface area contributed by atoms with E-state index >= 15 is 0 Å². The van der Waals surface area contributed by atoms with Gasteiger partial charge in [-0.3, -0.25) is 10.1 Å². The van der Waals surface area contributed by atoms with Crippen LogP contribution in [0.25, 0.3) is 6.08 Å². The zero-order chi connectivity index (χ0) is 10.6. The second kappa shape index (κ2) is 4.91. The number of allylic oxidation sites excluding steroid dienone is 1. The van der Waals surface area contributed by atoms with Crippen molar-refractivity contribution in [3.63, 3.8) is 0 Å². The lowest BCUT2D eigenvalue weighted by Crippen LogP contribution is -1.96. The van der Waals surface area contributed by atoms with Crippen LogP contribution in [0, 0.1) is 10.1 Å². The standard InChI is InChI=1S/C10H10BrNO2/c1-2-10(12(13)14)7-8-4-3-5-9(11)6-8/h3-7H,2H2,1H3/b10-7-. The van der Waals surface area contributed by atoms with E-state index < -0.39 is 0 Å². The summed E-state index contributed by atoms with van der Waals surface area (Å²) in [6, 6.07) is 7.42. The summed E-state index contributed by atoms with van der Waals surface area (Å²) in [7, 11) is 0. The Balaban J connectivity index is 3.00. The highest BCUT2D eigenvalue weighted by Crippen LogP contribution is 2.15. The summed E-state index contributed by atoms with van der Waals surface area (Å²) in [6.07, 6.45) is 2.02. The van der Waals surface area contributed by atoms with Gasteiger partial charge in [-0.25, -0.2) is 0 Å². The summed E-state index contributed by atoms with van der Waals surface area (Å²) in [5.41, 5.74) is 1.07. The third kappa shape index (κ3) is 2.96. The molecule has 3 nitrogen and oxygen atoms in total. The van der Waals surface area contributed by atoms with Crippen molar-refractivity contribution in [3.05, 3.63) is 50.1 Å². The number of hydrogen-bond acceptors (Lipinski definition) is 2. The first-order valence-electron chi connectivity index (χ1n) is 4.24. The van der Waals surface area contributed by atoms with E-state index in [2.05, 4.69) is 15.9 Å². The first-order valence-corrected chi connectivity index (χ1v) is 5.03. The lowest BCUT2D eigenvalue weighted by molar-refractivity contribution is -0.425. The quantitative estimate of drug-likeness (QED) is 0.613. The molecule has 0 aromatic heterocycles. The van der Waals surface area contributed by atoms with Crippen LogP contribution in [-0.4, -0.2) is 4.92 Å². The van der Waals surface area contributed by atoms with Gasteiger partial charge >= 0.3 is 0 Å². The van der Waals surface area contributed by atoms with Gasteiger partial charge in [0.15, 0.2) is 0 Å².